The number of carbonyl (C=O) groups is 3. The van der Waals surface area contributed by atoms with E-state index in [4.69, 9.17) is 10.2 Å². The van der Waals surface area contributed by atoms with E-state index in [0.29, 0.717) is 5.56 Å². The molecule has 2 aromatic rings. The average molecular weight is 406 g/mol. The second-order valence-electron chi connectivity index (χ2n) is 5.71. The Morgan fingerprint density at radius 2 is 1.31 bits per heavy atom. The maximum absolute atomic E-state index is 11.6. The van der Waals surface area contributed by atoms with E-state index in [1.807, 2.05) is 0 Å². The van der Waals surface area contributed by atoms with Gasteiger partial charge in [0.05, 0.1) is 0 Å². The molecule has 0 amide bonds. The number of aromatic nitrogens is 3. The third kappa shape index (κ3) is 7.16. The van der Waals surface area contributed by atoms with E-state index in [9.17, 15) is 24.6 Å². The van der Waals surface area contributed by atoms with Crippen molar-refractivity contribution in [1.82, 2.24) is 15.0 Å². The summed E-state index contributed by atoms with van der Waals surface area (Å²) in [5.41, 5.74) is 0.616. The zero-order valence-electron chi connectivity index (χ0n) is 14.9. The summed E-state index contributed by atoms with van der Waals surface area (Å²) < 4.78 is 0. The molecular weight excluding hydrogens is 388 g/mol. The second kappa shape index (κ2) is 9.68. The first-order valence-corrected chi connectivity index (χ1v) is 8.17. The minimum atomic E-state index is -1.21. The molecule has 1 aromatic carbocycles. The third-order valence-corrected chi connectivity index (χ3v) is 3.41. The summed E-state index contributed by atoms with van der Waals surface area (Å²) in [4.78, 5) is 44.7. The van der Waals surface area contributed by atoms with Gasteiger partial charge < -0.3 is 36.4 Å². The molecule has 0 fully saturated rings. The van der Waals surface area contributed by atoms with E-state index < -0.39 is 37.0 Å². The summed E-state index contributed by atoms with van der Waals surface area (Å²) in [6.45, 7) is -1.03. The van der Waals surface area contributed by atoms with E-state index in [1.54, 1.807) is 12.1 Å². The monoisotopic (exact) mass is 406 g/mol. The molecule has 1 unspecified atom stereocenters. The van der Waals surface area contributed by atoms with Gasteiger partial charge in [-0.2, -0.15) is 15.0 Å². The molecule has 13 nitrogen and oxygen atoms in total. The summed E-state index contributed by atoms with van der Waals surface area (Å²) in [6.07, 6.45) is 0.0249. The Kier molecular flexibility index (Phi) is 7.06. The van der Waals surface area contributed by atoms with E-state index in [-0.39, 0.29) is 30.0 Å². The quantitative estimate of drug-likeness (QED) is 0.255. The Morgan fingerprint density at radius 3 is 1.76 bits per heavy atom. The molecule has 1 atom stereocenters. The van der Waals surface area contributed by atoms with Crippen LogP contribution < -0.4 is 16.0 Å². The fourth-order valence-electron chi connectivity index (χ4n) is 2.13. The lowest BCUT2D eigenvalue weighted by atomic mass is 10.1. The number of aromatic hydroxyl groups is 1. The van der Waals surface area contributed by atoms with E-state index in [2.05, 4.69) is 30.9 Å². The van der Waals surface area contributed by atoms with Gasteiger partial charge in [0, 0.05) is 6.42 Å². The van der Waals surface area contributed by atoms with Crippen molar-refractivity contribution in [2.45, 2.75) is 12.5 Å². The fraction of sp³-hybridized carbons (Fsp3) is 0.250. The van der Waals surface area contributed by atoms with Crippen molar-refractivity contribution >= 4 is 35.8 Å². The van der Waals surface area contributed by atoms with Crippen LogP contribution in [0.4, 0.5) is 17.8 Å². The number of nitrogens with one attached hydrogen (secondary N) is 3. The van der Waals surface area contributed by atoms with Gasteiger partial charge >= 0.3 is 17.9 Å². The van der Waals surface area contributed by atoms with Crippen LogP contribution in [-0.2, 0) is 20.8 Å². The van der Waals surface area contributed by atoms with Crippen LogP contribution in [-0.4, -0.2) is 72.4 Å². The topological polar surface area (TPSA) is 207 Å². The van der Waals surface area contributed by atoms with Crippen LogP contribution in [0.25, 0.3) is 0 Å². The van der Waals surface area contributed by atoms with E-state index in [0.717, 1.165) is 0 Å². The number of carboxylic acid groups (broad SMARTS) is 3. The van der Waals surface area contributed by atoms with Crippen LogP contribution in [0.5, 0.6) is 5.75 Å². The summed E-state index contributed by atoms with van der Waals surface area (Å²) in [5, 5.41) is 43.7. The number of anilines is 3. The Labute approximate surface area is 163 Å². The first kappa shape index (κ1) is 21.1. The Hall–Kier alpha value is -4.16. The number of nitrogens with zero attached hydrogens (tertiary/aromatic N) is 3. The van der Waals surface area contributed by atoms with E-state index >= 15 is 0 Å². The van der Waals surface area contributed by atoms with Gasteiger partial charge in [-0.15, -0.1) is 0 Å². The molecule has 0 bridgehead atoms. The van der Waals surface area contributed by atoms with Gasteiger partial charge in [-0.3, -0.25) is 9.59 Å². The highest BCUT2D eigenvalue weighted by atomic mass is 16.4. The Morgan fingerprint density at radius 1 is 0.828 bits per heavy atom. The second-order valence-corrected chi connectivity index (χ2v) is 5.71. The van der Waals surface area contributed by atoms with Crippen molar-refractivity contribution < 1.29 is 34.8 Å². The lowest BCUT2D eigenvalue weighted by Crippen LogP contribution is -2.32. The number of carboxylic acids is 3. The SMILES string of the molecule is O=C(O)CNc1nc(NCC(=O)O)nc(NC(Cc2ccc(O)cc2)C(=O)O)n1. The predicted octanol–water partition coefficient (Wildman–Crippen LogP) is -0.322. The zero-order chi connectivity index (χ0) is 21.4. The third-order valence-electron chi connectivity index (χ3n) is 3.41. The number of benzene rings is 1. The molecule has 0 saturated heterocycles. The van der Waals surface area contributed by atoms with Crippen LogP contribution in [0.1, 0.15) is 5.56 Å². The number of hydrogen-bond donors (Lipinski definition) is 7. The molecule has 2 rings (SSSR count). The maximum atomic E-state index is 11.6. The molecule has 0 aliphatic carbocycles. The number of phenols is 1. The highest BCUT2D eigenvalue weighted by Crippen LogP contribution is 2.15. The molecule has 7 N–H and O–H groups in total. The molecule has 1 aromatic heterocycles. The highest BCUT2D eigenvalue weighted by Gasteiger charge is 2.20. The fourth-order valence-corrected chi connectivity index (χ4v) is 2.13. The molecule has 13 heteroatoms. The van der Waals surface area contributed by atoms with Crippen LogP contribution in [0, 0.1) is 0 Å². The maximum Gasteiger partial charge on any atom is 0.326 e. The van der Waals surface area contributed by atoms with Gasteiger partial charge in [-0.1, -0.05) is 12.1 Å². The van der Waals surface area contributed by atoms with Crippen molar-refractivity contribution in [3.05, 3.63) is 29.8 Å². The van der Waals surface area contributed by atoms with Crippen LogP contribution in [0.2, 0.25) is 0 Å². The van der Waals surface area contributed by atoms with Gasteiger partial charge in [0.25, 0.3) is 0 Å². The number of hydrogen-bond acceptors (Lipinski definition) is 10. The standard InChI is InChI=1S/C16H18N6O7/c23-9-3-1-8(2-4-9)5-10(13(28)29)19-16-21-14(17-6-11(24)25)20-15(22-16)18-7-12(26)27/h1-4,10,23H,5-7H2,(H,24,25)(H,26,27)(H,28,29)(H3,17,18,19,20,21,22). The zero-order valence-corrected chi connectivity index (χ0v) is 14.9. The van der Waals surface area contributed by atoms with E-state index in [1.165, 1.54) is 12.1 Å². The molecule has 0 saturated carbocycles. The normalized spacial score (nSPS) is 11.3. The minimum Gasteiger partial charge on any atom is -0.508 e. The molecule has 154 valence electrons. The first-order chi connectivity index (χ1) is 13.7. The Bertz CT molecular complexity index is 854. The van der Waals surface area contributed by atoms with Crippen LogP contribution in [0.3, 0.4) is 0 Å². The lowest BCUT2D eigenvalue weighted by Gasteiger charge is -2.16. The van der Waals surface area contributed by atoms with Gasteiger partial charge in [-0.05, 0) is 17.7 Å². The van der Waals surface area contributed by atoms with Crippen molar-refractivity contribution in [2.75, 3.05) is 29.0 Å². The van der Waals surface area contributed by atoms with Crippen molar-refractivity contribution in [1.29, 1.82) is 0 Å². The minimum absolute atomic E-state index is 0.0249. The van der Waals surface area contributed by atoms with Crippen molar-refractivity contribution in [2.24, 2.45) is 0 Å². The van der Waals surface area contributed by atoms with Gasteiger partial charge in [0.2, 0.25) is 17.8 Å². The molecule has 0 aliphatic rings. The van der Waals surface area contributed by atoms with Gasteiger partial charge in [-0.25, -0.2) is 4.79 Å². The molecule has 0 aliphatic heterocycles. The molecule has 1 heterocycles. The smallest absolute Gasteiger partial charge is 0.326 e. The molecule has 0 spiro atoms. The average Bonchev–Trinajstić information content (AvgIpc) is 2.65. The summed E-state index contributed by atoms with van der Waals surface area (Å²) in [7, 11) is 0. The highest BCUT2D eigenvalue weighted by molar-refractivity contribution is 5.77. The predicted molar refractivity (Wildman–Crippen MR) is 98.9 cm³/mol. The summed E-state index contributed by atoms with van der Waals surface area (Å²) in [6, 6.07) is 4.78. The first-order valence-electron chi connectivity index (χ1n) is 8.17. The Balaban J connectivity index is 2.22. The number of phenolic OH excluding ortho intramolecular Hbond substituents is 1. The van der Waals surface area contributed by atoms with Gasteiger partial charge in [0.15, 0.2) is 0 Å². The van der Waals surface area contributed by atoms with Gasteiger partial charge in [0.1, 0.15) is 24.9 Å². The number of aliphatic carboxylic acids is 3. The summed E-state index contributed by atoms with van der Waals surface area (Å²) in [5.74, 6) is -4.12. The lowest BCUT2D eigenvalue weighted by molar-refractivity contribution is -0.138. The van der Waals surface area contributed by atoms with Crippen LogP contribution >= 0.6 is 0 Å². The molecule has 29 heavy (non-hydrogen) atoms. The van der Waals surface area contributed by atoms with Crippen LogP contribution in [0.15, 0.2) is 24.3 Å². The molecular formula is C16H18N6O7. The largest absolute Gasteiger partial charge is 0.508 e. The van der Waals surface area contributed by atoms with Crippen molar-refractivity contribution in [3.8, 4) is 5.75 Å². The molecule has 0 radical (unpaired) electrons. The van der Waals surface area contributed by atoms with Crippen molar-refractivity contribution in [3.63, 3.8) is 0 Å². The summed E-state index contributed by atoms with van der Waals surface area (Å²) >= 11 is 0. The number of rotatable bonds is 11.